The molecule has 0 N–H and O–H groups in total. The molecule has 2 amide bonds. The maximum atomic E-state index is 13.2. The number of carbonyl (C=O) groups is 2. The predicted molar refractivity (Wildman–Crippen MR) is 131 cm³/mol. The molecule has 1 fully saturated rings. The summed E-state index contributed by atoms with van der Waals surface area (Å²) >= 11 is 7.49. The molecule has 0 bridgehead atoms. The average Bonchev–Trinajstić information content (AvgIpc) is 3.18. The van der Waals surface area contributed by atoms with Gasteiger partial charge in [0.1, 0.15) is 11.6 Å². The molecule has 6 nitrogen and oxygen atoms in total. The monoisotopic (exact) mass is 480 g/mol. The molecule has 3 aromatic rings. The van der Waals surface area contributed by atoms with Gasteiger partial charge in [0.15, 0.2) is 0 Å². The summed E-state index contributed by atoms with van der Waals surface area (Å²) < 4.78 is 1.87. The van der Waals surface area contributed by atoms with E-state index in [1.165, 1.54) is 17.3 Å². The van der Waals surface area contributed by atoms with E-state index in [9.17, 15) is 9.59 Å². The molecule has 0 saturated carbocycles. The molecule has 0 aliphatic carbocycles. The van der Waals surface area contributed by atoms with Crippen LogP contribution in [0.5, 0.6) is 0 Å². The van der Waals surface area contributed by atoms with Gasteiger partial charge >= 0.3 is 0 Å². The highest BCUT2D eigenvalue weighted by atomic mass is 35.5. The minimum absolute atomic E-state index is 0.0115. The number of rotatable bonds is 4. The van der Waals surface area contributed by atoms with Gasteiger partial charge in [-0.25, -0.2) is 4.68 Å². The zero-order chi connectivity index (χ0) is 22.9. The number of anilines is 1. The van der Waals surface area contributed by atoms with Crippen molar-refractivity contribution in [2.24, 2.45) is 0 Å². The third kappa shape index (κ3) is 4.39. The highest BCUT2D eigenvalue weighted by Crippen LogP contribution is 2.39. The summed E-state index contributed by atoms with van der Waals surface area (Å²) in [5.74, 6) is 0.671. The average molecular weight is 481 g/mol. The summed E-state index contributed by atoms with van der Waals surface area (Å²) in [6.07, 6.45) is 1.82. The minimum atomic E-state index is -0.0485. The predicted octanol–water partition coefficient (Wildman–Crippen LogP) is 4.68. The SMILES string of the molecule is Cc1nn(-c2ccccc2)c2c1N(CC(=O)N1CCC(c3ccc(Cl)cc3)CC1)C(=O)CS2. The fourth-order valence-electron chi connectivity index (χ4n) is 4.61. The second-order valence-electron chi connectivity index (χ2n) is 8.46. The van der Waals surface area contributed by atoms with Crippen LogP contribution in [0.3, 0.4) is 0 Å². The number of piperidine rings is 1. The van der Waals surface area contributed by atoms with Gasteiger partial charge in [-0.1, -0.05) is 53.7 Å². The Balaban J connectivity index is 1.30. The molecular weight excluding hydrogens is 456 g/mol. The normalized spacial score (nSPS) is 16.7. The van der Waals surface area contributed by atoms with Crippen molar-refractivity contribution in [3.63, 3.8) is 0 Å². The number of likely N-dealkylation sites (tertiary alicyclic amines) is 1. The number of thioether (sulfide) groups is 1. The van der Waals surface area contributed by atoms with E-state index in [0.717, 1.165) is 40.0 Å². The molecule has 33 heavy (non-hydrogen) atoms. The molecular formula is C25H25ClN4O2S. The molecule has 0 unspecified atom stereocenters. The summed E-state index contributed by atoms with van der Waals surface area (Å²) in [5.41, 5.74) is 3.72. The lowest BCUT2D eigenvalue weighted by Crippen LogP contribution is -2.47. The van der Waals surface area contributed by atoms with Gasteiger partial charge in [0, 0.05) is 18.1 Å². The van der Waals surface area contributed by atoms with Crippen LogP contribution in [0.25, 0.3) is 5.69 Å². The van der Waals surface area contributed by atoms with E-state index >= 15 is 0 Å². The highest BCUT2D eigenvalue weighted by molar-refractivity contribution is 8.00. The van der Waals surface area contributed by atoms with Gasteiger partial charge in [-0.3, -0.25) is 14.5 Å². The molecule has 0 atom stereocenters. The van der Waals surface area contributed by atoms with Crippen LogP contribution in [0.15, 0.2) is 59.6 Å². The van der Waals surface area contributed by atoms with Crippen LogP contribution in [-0.4, -0.2) is 51.9 Å². The van der Waals surface area contributed by atoms with E-state index in [0.29, 0.717) is 24.8 Å². The van der Waals surface area contributed by atoms with Gasteiger partial charge in [-0.15, -0.1) is 0 Å². The maximum absolute atomic E-state index is 13.2. The Morgan fingerprint density at radius 2 is 1.79 bits per heavy atom. The number of carbonyl (C=O) groups excluding carboxylic acids is 2. The molecule has 1 saturated heterocycles. The second-order valence-corrected chi connectivity index (χ2v) is 9.86. The number of aryl methyl sites for hydroxylation is 1. The smallest absolute Gasteiger partial charge is 0.242 e. The van der Waals surface area contributed by atoms with Gasteiger partial charge in [0.25, 0.3) is 0 Å². The van der Waals surface area contributed by atoms with Gasteiger partial charge in [0.2, 0.25) is 11.8 Å². The van der Waals surface area contributed by atoms with Gasteiger partial charge in [0.05, 0.1) is 22.8 Å². The molecule has 2 aliphatic heterocycles. The molecule has 3 heterocycles. The molecule has 170 valence electrons. The van der Waals surface area contributed by atoms with E-state index < -0.39 is 0 Å². The number of amides is 2. The summed E-state index contributed by atoms with van der Waals surface area (Å²) in [6, 6.07) is 17.9. The van der Waals surface area contributed by atoms with Crippen molar-refractivity contribution in [1.29, 1.82) is 0 Å². The van der Waals surface area contributed by atoms with Crippen molar-refractivity contribution in [1.82, 2.24) is 14.7 Å². The number of fused-ring (bicyclic) bond motifs is 1. The first-order chi connectivity index (χ1) is 16.0. The van der Waals surface area contributed by atoms with E-state index in [-0.39, 0.29) is 18.4 Å². The van der Waals surface area contributed by atoms with E-state index in [2.05, 4.69) is 17.2 Å². The van der Waals surface area contributed by atoms with Crippen LogP contribution in [-0.2, 0) is 9.59 Å². The van der Waals surface area contributed by atoms with Gasteiger partial charge in [-0.2, -0.15) is 5.10 Å². The number of halogens is 1. The Morgan fingerprint density at radius 1 is 1.09 bits per heavy atom. The molecule has 0 radical (unpaired) electrons. The lowest BCUT2D eigenvalue weighted by Gasteiger charge is -2.34. The van der Waals surface area contributed by atoms with Gasteiger partial charge < -0.3 is 4.90 Å². The van der Waals surface area contributed by atoms with Crippen LogP contribution in [0.2, 0.25) is 5.02 Å². The largest absolute Gasteiger partial charge is 0.341 e. The first-order valence-electron chi connectivity index (χ1n) is 11.1. The Labute approximate surface area is 202 Å². The number of hydrogen-bond donors (Lipinski definition) is 0. The summed E-state index contributed by atoms with van der Waals surface area (Å²) in [7, 11) is 0. The quantitative estimate of drug-likeness (QED) is 0.544. The summed E-state index contributed by atoms with van der Waals surface area (Å²) in [5, 5.41) is 6.33. The van der Waals surface area contributed by atoms with Crippen molar-refractivity contribution in [2.45, 2.75) is 30.7 Å². The first kappa shape index (κ1) is 22.0. The summed E-state index contributed by atoms with van der Waals surface area (Å²) in [4.78, 5) is 29.5. The van der Waals surface area contributed by atoms with E-state index in [4.69, 9.17) is 11.6 Å². The Hall–Kier alpha value is -2.77. The van der Waals surface area contributed by atoms with Crippen molar-refractivity contribution in [3.8, 4) is 5.69 Å². The number of aromatic nitrogens is 2. The molecule has 8 heteroatoms. The maximum Gasteiger partial charge on any atom is 0.242 e. The minimum Gasteiger partial charge on any atom is -0.341 e. The standard InChI is InChI=1S/C25H25ClN4O2S/c1-17-24-25(30(27-17)21-5-3-2-4-6-21)33-16-23(32)29(24)15-22(31)28-13-11-19(12-14-28)18-7-9-20(26)10-8-18/h2-10,19H,11-16H2,1H3. The first-order valence-corrected chi connectivity index (χ1v) is 12.5. The number of benzene rings is 2. The second kappa shape index (κ2) is 9.23. The lowest BCUT2D eigenvalue weighted by molar-refractivity contribution is -0.132. The third-order valence-electron chi connectivity index (χ3n) is 6.37. The van der Waals surface area contributed by atoms with E-state index in [1.54, 1.807) is 4.90 Å². The van der Waals surface area contributed by atoms with Crippen LogP contribution >= 0.6 is 23.4 Å². The summed E-state index contributed by atoms with van der Waals surface area (Å²) in [6.45, 7) is 3.34. The van der Waals surface area contributed by atoms with E-state index in [1.807, 2.05) is 59.0 Å². The fraction of sp³-hybridized carbons (Fsp3) is 0.320. The van der Waals surface area contributed by atoms with Crippen LogP contribution < -0.4 is 4.90 Å². The molecule has 2 aromatic carbocycles. The molecule has 1 aromatic heterocycles. The third-order valence-corrected chi connectivity index (χ3v) is 7.66. The number of hydrogen-bond acceptors (Lipinski definition) is 4. The van der Waals surface area contributed by atoms with Crippen molar-refractivity contribution in [2.75, 3.05) is 30.3 Å². The highest BCUT2D eigenvalue weighted by Gasteiger charge is 2.34. The zero-order valence-corrected chi connectivity index (χ0v) is 20.0. The van der Waals surface area contributed by atoms with Crippen molar-refractivity contribution in [3.05, 3.63) is 70.9 Å². The Kier molecular flexibility index (Phi) is 6.17. The van der Waals surface area contributed by atoms with Gasteiger partial charge in [-0.05, 0) is 55.5 Å². The zero-order valence-electron chi connectivity index (χ0n) is 18.4. The van der Waals surface area contributed by atoms with Crippen molar-refractivity contribution < 1.29 is 9.59 Å². The van der Waals surface area contributed by atoms with Crippen LogP contribution in [0.1, 0.15) is 30.0 Å². The Bertz CT molecular complexity index is 1170. The Morgan fingerprint density at radius 3 is 2.48 bits per heavy atom. The van der Waals surface area contributed by atoms with Crippen LogP contribution in [0, 0.1) is 6.92 Å². The fourth-order valence-corrected chi connectivity index (χ4v) is 5.82. The number of para-hydroxylation sites is 1. The molecule has 5 rings (SSSR count). The molecule has 2 aliphatic rings. The molecule has 0 spiro atoms. The van der Waals surface area contributed by atoms with Crippen LogP contribution in [0.4, 0.5) is 5.69 Å². The topological polar surface area (TPSA) is 58.4 Å². The lowest BCUT2D eigenvalue weighted by atomic mass is 9.89. The van der Waals surface area contributed by atoms with Crippen molar-refractivity contribution >= 4 is 40.9 Å². The number of nitrogens with zero attached hydrogens (tertiary/aromatic N) is 4.